The van der Waals surface area contributed by atoms with E-state index in [1.807, 2.05) is 32.3 Å². The van der Waals surface area contributed by atoms with E-state index in [1.54, 1.807) is 19.3 Å². The van der Waals surface area contributed by atoms with Gasteiger partial charge in [0.2, 0.25) is 5.88 Å². The minimum atomic E-state index is -0.0624. The van der Waals surface area contributed by atoms with Gasteiger partial charge in [-0.25, -0.2) is 9.97 Å². The van der Waals surface area contributed by atoms with Crippen molar-refractivity contribution in [2.75, 3.05) is 51.8 Å². The van der Waals surface area contributed by atoms with Gasteiger partial charge in [-0.15, -0.1) is 0 Å². The molecule has 8 nitrogen and oxygen atoms in total. The first-order chi connectivity index (χ1) is 16.0. The van der Waals surface area contributed by atoms with Crippen LogP contribution in [0.25, 0.3) is 22.3 Å². The Labute approximate surface area is 194 Å². The number of pyridine rings is 1. The predicted molar refractivity (Wildman–Crippen MR) is 129 cm³/mol. The minimum Gasteiger partial charge on any atom is -0.473 e. The van der Waals surface area contributed by atoms with Crippen molar-refractivity contribution >= 4 is 22.5 Å². The van der Waals surface area contributed by atoms with E-state index in [-0.39, 0.29) is 11.9 Å². The fourth-order valence-electron chi connectivity index (χ4n) is 3.93. The van der Waals surface area contributed by atoms with E-state index in [2.05, 4.69) is 31.9 Å². The van der Waals surface area contributed by atoms with Gasteiger partial charge in [-0.05, 0) is 38.1 Å². The molecule has 0 spiro atoms. The third kappa shape index (κ3) is 6.03. The van der Waals surface area contributed by atoms with Crippen LogP contribution < -0.4 is 9.64 Å². The SMILES string of the molecule is CC(=O)CCCN1CCO[C@H](COc2nc(-c3ccc(N(C)C)cc3)cc3nccnc23)C1. The second-order valence-corrected chi connectivity index (χ2v) is 8.59. The Balaban J connectivity index is 1.48. The predicted octanol–water partition coefficient (Wildman–Crippen LogP) is 3.21. The summed E-state index contributed by atoms with van der Waals surface area (Å²) in [5.41, 5.74) is 4.28. The zero-order valence-corrected chi connectivity index (χ0v) is 19.5. The summed E-state index contributed by atoms with van der Waals surface area (Å²) < 4.78 is 12.1. The van der Waals surface area contributed by atoms with Crippen LogP contribution in [0.4, 0.5) is 5.69 Å². The molecule has 0 saturated carbocycles. The molecule has 0 unspecified atom stereocenters. The minimum absolute atomic E-state index is 0.0624. The summed E-state index contributed by atoms with van der Waals surface area (Å²) in [6, 6.07) is 10.2. The number of morpholine rings is 1. The summed E-state index contributed by atoms with van der Waals surface area (Å²) in [7, 11) is 4.03. The Hall–Kier alpha value is -3.10. The van der Waals surface area contributed by atoms with Gasteiger partial charge in [0.1, 0.15) is 18.5 Å². The van der Waals surface area contributed by atoms with E-state index in [4.69, 9.17) is 14.5 Å². The van der Waals surface area contributed by atoms with Crippen molar-refractivity contribution < 1.29 is 14.3 Å². The van der Waals surface area contributed by atoms with Crippen LogP contribution in [0.15, 0.2) is 42.7 Å². The second-order valence-electron chi connectivity index (χ2n) is 8.59. The highest BCUT2D eigenvalue weighted by atomic mass is 16.5. The van der Waals surface area contributed by atoms with Gasteiger partial charge in [-0.2, -0.15) is 0 Å². The number of hydrogen-bond donors (Lipinski definition) is 0. The lowest BCUT2D eigenvalue weighted by molar-refractivity contribution is -0.117. The molecule has 1 aliphatic rings. The fraction of sp³-hybridized carbons (Fsp3) is 0.440. The first kappa shape index (κ1) is 23.1. The number of ether oxygens (including phenoxy) is 2. The zero-order chi connectivity index (χ0) is 23.2. The lowest BCUT2D eigenvalue weighted by Crippen LogP contribution is -2.45. The van der Waals surface area contributed by atoms with Gasteiger partial charge in [-0.1, -0.05) is 12.1 Å². The monoisotopic (exact) mass is 449 g/mol. The third-order valence-electron chi connectivity index (χ3n) is 5.74. The number of anilines is 1. The van der Waals surface area contributed by atoms with Gasteiger partial charge >= 0.3 is 0 Å². The van der Waals surface area contributed by atoms with Gasteiger partial charge in [0, 0.05) is 57.3 Å². The molecule has 2 aromatic heterocycles. The van der Waals surface area contributed by atoms with Crippen molar-refractivity contribution in [3.63, 3.8) is 0 Å². The highest BCUT2D eigenvalue weighted by Crippen LogP contribution is 2.28. The first-order valence-electron chi connectivity index (χ1n) is 11.4. The number of fused-ring (bicyclic) bond motifs is 1. The van der Waals surface area contributed by atoms with E-state index < -0.39 is 0 Å². The number of Topliss-reactive ketones (excluding diaryl/α,β-unsaturated/α-hetero) is 1. The summed E-state index contributed by atoms with van der Waals surface area (Å²) in [5.74, 6) is 0.697. The van der Waals surface area contributed by atoms with Crippen LogP contribution in [-0.4, -0.2) is 78.7 Å². The van der Waals surface area contributed by atoms with Crippen molar-refractivity contribution in [1.29, 1.82) is 0 Å². The maximum absolute atomic E-state index is 11.2. The standard InChI is InChI=1S/C25H31N5O3/c1-18(31)5-4-12-30-13-14-32-21(16-30)17-33-25-24-23(26-10-11-27-24)15-22(28-25)19-6-8-20(9-7-19)29(2)3/h6-11,15,21H,4-5,12-14,16-17H2,1-3H3/t21-/m0/s1. The van der Waals surface area contributed by atoms with Gasteiger partial charge in [0.05, 0.1) is 17.8 Å². The fourth-order valence-corrected chi connectivity index (χ4v) is 3.93. The van der Waals surface area contributed by atoms with E-state index in [0.29, 0.717) is 31.0 Å². The number of nitrogens with zero attached hydrogens (tertiary/aromatic N) is 5. The van der Waals surface area contributed by atoms with E-state index in [1.165, 1.54) is 0 Å². The summed E-state index contributed by atoms with van der Waals surface area (Å²) in [4.78, 5) is 29.3. The Morgan fingerprint density at radius 2 is 2.00 bits per heavy atom. The molecule has 174 valence electrons. The Kier molecular flexibility index (Phi) is 7.47. The molecule has 3 heterocycles. The summed E-state index contributed by atoms with van der Waals surface area (Å²) in [5, 5.41) is 0. The number of rotatable bonds is 9. The molecule has 3 aromatic rings. The zero-order valence-electron chi connectivity index (χ0n) is 19.5. The number of benzene rings is 1. The van der Waals surface area contributed by atoms with Crippen LogP contribution in [0.2, 0.25) is 0 Å². The van der Waals surface area contributed by atoms with Crippen molar-refractivity contribution in [2.45, 2.75) is 25.9 Å². The molecule has 33 heavy (non-hydrogen) atoms. The molecule has 1 atom stereocenters. The largest absolute Gasteiger partial charge is 0.473 e. The molecular weight excluding hydrogens is 418 g/mol. The molecular formula is C25H31N5O3. The smallest absolute Gasteiger partial charge is 0.242 e. The molecule has 1 fully saturated rings. The molecule has 8 heteroatoms. The van der Waals surface area contributed by atoms with Crippen LogP contribution >= 0.6 is 0 Å². The highest BCUT2D eigenvalue weighted by molar-refractivity contribution is 5.83. The summed E-state index contributed by atoms with van der Waals surface area (Å²) in [6.07, 6.45) is 4.76. The maximum atomic E-state index is 11.2. The Bertz CT molecular complexity index is 1090. The molecule has 4 rings (SSSR count). The van der Waals surface area contributed by atoms with Crippen LogP contribution in [0.5, 0.6) is 5.88 Å². The number of aromatic nitrogens is 3. The number of hydrogen-bond acceptors (Lipinski definition) is 8. The molecule has 0 amide bonds. The summed E-state index contributed by atoms with van der Waals surface area (Å²) in [6.45, 7) is 5.21. The van der Waals surface area contributed by atoms with Crippen molar-refractivity contribution in [2.24, 2.45) is 0 Å². The van der Waals surface area contributed by atoms with Gasteiger partial charge in [-0.3, -0.25) is 9.88 Å². The van der Waals surface area contributed by atoms with Crippen LogP contribution in [0, 0.1) is 0 Å². The molecule has 1 saturated heterocycles. The highest BCUT2D eigenvalue weighted by Gasteiger charge is 2.22. The average Bonchev–Trinajstić information content (AvgIpc) is 2.82. The molecule has 0 radical (unpaired) electrons. The molecule has 1 aromatic carbocycles. The van der Waals surface area contributed by atoms with Crippen molar-refractivity contribution in [3.8, 4) is 17.1 Å². The van der Waals surface area contributed by atoms with Gasteiger partial charge < -0.3 is 19.2 Å². The van der Waals surface area contributed by atoms with E-state index >= 15 is 0 Å². The van der Waals surface area contributed by atoms with Crippen LogP contribution in [-0.2, 0) is 9.53 Å². The van der Waals surface area contributed by atoms with Crippen molar-refractivity contribution in [1.82, 2.24) is 19.9 Å². The van der Waals surface area contributed by atoms with Gasteiger partial charge in [0.15, 0.2) is 5.52 Å². The number of ketones is 1. The number of carbonyl (C=O) groups excluding carboxylic acids is 1. The Morgan fingerprint density at radius 3 is 2.76 bits per heavy atom. The Morgan fingerprint density at radius 1 is 1.21 bits per heavy atom. The lowest BCUT2D eigenvalue weighted by Gasteiger charge is -2.32. The molecule has 0 aliphatic carbocycles. The molecule has 1 aliphatic heterocycles. The first-order valence-corrected chi connectivity index (χ1v) is 11.4. The van der Waals surface area contributed by atoms with Crippen LogP contribution in [0.3, 0.4) is 0 Å². The van der Waals surface area contributed by atoms with E-state index in [9.17, 15) is 4.79 Å². The topological polar surface area (TPSA) is 80.7 Å². The molecule has 0 N–H and O–H groups in total. The lowest BCUT2D eigenvalue weighted by atomic mass is 10.1. The number of carbonyl (C=O) groups is 1. The normalized spacial score (nSPS) is 16.6. The van der Waals surface area contributed by atoms with Gasteiger partial charge in [0.25, 0.3) is 0 Å². The van der Waals surface area contributed by atoms with E-state index in [0.717, 1.165) is 48.5 Å². The average molecular weight is 450 g/mol. The summed E-state index contributed by atoms with van der Waals surface area (Å²) >= 11 is 0. The van der Waals surface area contributed by atoms with Crippen LogP contribution in [0.1, 0.15) is 19.8 Å². The van der Waals surface area contributed by atoms with Crippen molar-refractivity contribution in [3.05, 3.63) is 42.7 Å². The quantitative estimate of drug-likeness (QED) is 0.493. The molecule has 0 bridgehead atoms. The second kappa shape index (κ2) is 10.7. The third-order valence-corrected chi connectivity index (χ3v) is 5.74. The maximum Gasteiger partial charge on any atom is 0.242 e.